The lowest BCUT2D eigenvalue weighted by Gasteiger charge is -2.52. The second kappa shape index (κ2) is 17.5. The minimum Gasteiger partial charge on any atom is -0.330 e. The zero-order chi connectivity index (χ0) is 56.6. The predicted molar refractivity (Wildman–Crippen MR) is 349 cm³/mol. The SMILES string of the molecule is CC1(C)Cc2ccc(N3c4cc5c(cc4B4c6cc(-c7ccccc7)ccc6N(c6ccc(C(C)(C)C)cc6-c6ccccc6)c6cc(N7c8ccc(C(C)(C)C)cc8C8(C)CCc9ccccc9C78C)cc3c64)CC(C)(C)C5)cc2C1. The van der Waals surface area contributed by atoms with Crippen molar-refractivity contribution in [3.8, 4) is 22.3 Å². The van der Waals surface area contributed by atoms with Crippen molar-refractivity contribution < 1.29 is 0 Å². The van der Waals surface area contributed by atoms with E-state index in [1.54, 1.807) is 0 Å². The fourth-order valence-corrected chi connectivity index (χ4v) is 16.4. The second-order valence-corrected chi connectivity index (χ2v) is 29.5. The van der Waals surface area contributed by atoms with Gasteiger partial charge in [0.25, 0.3) is 6.71 Å². The first-order valence-electron chi connectivity index (χ1n) is 30.6. The van der Waals surface area contributed by atoms with Crippen molar-refractivity contribution in [1.29, 1.82) is 0 Å². The van der Waals surface area contributed by atoms with Crippen LogP contribution in [0.25, 0.3) is 22.3 Å². The molecule has 0 bridgehead atoms. The molecular weight excluding hydrogens is 990 g/mol. The van der Waals surface area contributed by atoms with E-state index in [2.05, 4.69) is 280 Å². The van der Waals surface area contributed by atoms with Crippen molar-refractivity contribution in [1.82, 2.24) is 0 Å². The van der Waals surface area contributed by atoms with Crippen LogP contribution in [0, 0.1) is 10.8 Å². The van der Waals surface area contributed by atoms with Gasteiger partial charge in [-0.25, -0.2) is 0 Å². The largest absolute Gasteiger partial charge is 0.330 e. The van der Waals surface area contributed by atoms with Crippen LogP contribution in [-0.2, 0) is 53.9 Å². The number of anilines is 8. The number of hydrogen-bond donors (Lipinski definition) is 0. The number of fused-ring (bicyclic) bond motifs is 11. The first kappa shape index (κ1) is 51.3. The topological polar surface area (TPSA) is 9.72 Å². The van der Waals surface area contributed by atoms with Crippen LogP contribution in [0.15, 0.2) is 182 Å². The van der Waals surface area contributed by atoms with E-state index in [0.717, 1.165) is 38.5 Å². The third-order valence-corrected chi connectivity index (χ3v) is 20.7. The zero-order valence-electron chi connectivity index (χ0n) is 50.5. The van der Waals surface area contributed by atoms with Gasteiger partial charge in [0.05, 0.1) is 11.2 Å². The van der Waals surface area contributed by atoms with Crippen LogP contribution >= 0.6 is 0 Å². The van der Waals surface area contributed by atoms with Gasteiger partial charge in [-0.15, -0.1) is 0 Å². The lowest BCUT2D eigenvalue weighted by Crippen LogP contribution is -2.61. The van der Waals surface area contributed by atoms with Crippen LogP contribution in [0.3, 0.4) is 0 Å². The van der Waals surface area contributed by atoms with Crippen molar-refractivity contribution >= 4 is 68.6 Å². The molecule has 3 nitrogen and oxygen atoms in total. The van der Waals surface area contributed by atoms with Crippen LogP contribution in [0.5, 0.6) is 0 Å². The Labute approximate surface area is 489 Å². The second-order valence-electron chi connectivity index (χ2n) is 29.5. The van der Waals surface area contributed by atoms with Gasteiger partial charge < -0.3 is 14.7 Å². The van der Waals surface area contributed by atoms with E-state index in [1.165, 1.54) is 134 Å². The van der Waals surface area contributed by atoms with Crippen LogP contribution in [-0.4, -0.2) is 6.71 Å². The molecule has 0 radical (unpaired) electrons. The molecule has 4 heteroatoms. The smallest absolute Gasteiger partial charge is 0.252 e. The molecular formula is C78H78BN3. The van der Waals surface area contributed by atoms with Gasteiger partial charge in [-0.05, 0) is 205 Å². The molecule has 9 aromatic rings. The Morgan fingerprint density at radius 2 is 0.963 bits per heavy atom. The van der Waals surface area contributed by atoms with Crippen LogP contribution < -0.4 is 31.1 Å². The molecule has 3 heterocycles. The minimum absolute atomic E-state index is 0.00554. The average Bonchev–Trinajstić information content (AvgIpc) is 2.31. The highest BCUT2D eigenvalue weighted by Gasteiger charge is 2.60. The summed E-state index contributed by atoms with van der Waals surface area (Å²) < 4.78 is 0. The molecule has 3 aliphatic heterocycles. The van der Waals surface area contributed by atoms with Gasteiger partial charge in [0, 0.05) is 50.8 Å². The maximum absolute atomic E-state index is 2.83. The quantitative estimate of drug-likeness (QED) is 0.159. The fourth-order valence-electron chi connectivity index (χ4n) is 16.4. The highest BCUT2D eigenvalue weighted by Crippen LogP contribution is 2.65. The molecule has 0 saturated carbocycles. The summed E-state index contributed by atoms with van der Waals surface area (Å²) in [6.45, 7) is 29.1. The minimum atomic E-state index is -0.421. The van der Waals surface area contributed by atoms with Crippen molar-refractivity contribution in [2.75, 3.05) is 14.7 Å². The molecule has 0 spiro atoms. The van der Waals surface area contributed by atoms with Crippen LogP contribution in [0.4, 0.5) is 45.5 Å². The summed E-state index contributed by atoms with van der Waals surface area (Å²) in [5, 5.41) is 0. The van der Waals surface area contributed by atoms with Crippen LogP contribution in [0.2, 0.25) is 0 Å². The molecule has 15 rings (SSSR count). The Morgan fingerprint density at radius 3 is 1.66 bits per heavy atom. The van der Waals surface area contributed by atoms with E-state index >= 15 is 0 Å². The molecule has 0 saturated heterocycles. The first-order chi connectivity index (χ1) is 39.1. The van der Waals surface area contributed by atoms with Crippen molar-refractivity contribution in [2.45, 2.75) is 143 Å². The summed E-state index contributed by atoms with van der Waals surface area (Å²) in [6, 6.07) is 72.2. The Morgan fingerprint density at radius 1 is 0.390 bits per heavy atom. The summed E-state index contributed by atoms with van der Waals surface area (Å²) in [4.78, 5) is 8.28. The number of aryl methyl sites for hydroxylation is 1. The summed E-state index contributed by atoms with van der Waals surface area (Å²) in [5.74, 6) is 0. The van der Waals surface area contributed by atoms with Gasteiger partial charge in [0.1, 0.15) is 0 Å². The zero-order valence-corrected chi connectivity index (χ0v) is 50.5. The van der Waals surface area contributed by atoms with E-state index in [0.29, 0.717) is 0 Å². The molecule has 2 atom stereocenters. The van der Waals surface area contributed by atoms with Crippen molar-refractivity contribution in [3.05, 3.63) is 232 Å². The lowest BCUT2D eigenvalue weighted by molar-refractivity contribution is 0.245. The van der Waals surface area contributed by atoms with Gasteiger partial charge in [-0.1, -0.05) is 204 Å². The van der Waals surface area contributed by atoms with Crippen molar-refractivity contribution in [3.63, 3.8) is 0 Å². The molecule has 0 N–H and O–H groups in total. The Balaban J connectivity index is 1.10. The van der Waals surface area contributed by atoms with Gasteiger partial charge in [0.2, 0.25) is 0 Å². The third kappa shape index (κ3) is 7.61. The van der Waals surface area contributed by atoms with E-state index in [9.17, 15) is 0 Å². The van der Waals surface area contributed by atoms with E-state index < -0.39 is 5.54 Å². The maximum atomic E-state index is 2.83. The summed E-state index contributed by atoms with van der Waals surface area (Å²) in [5.41, 5.74) is 31.8. The summed E-state index contributed by atoms with van der Waals surface area (Å²) >= 11 is 0. The van der Waals surface area contributed by atoms with Gasteiger partial charge in [0.15, 0.2) is 0 Å². The fraction of sp³-hybridized carbons (Fsp3) is 0.308. The van der Waals surface area contributed by atoms with Gasteiger partial charge in [-0.3, -0.25) is 0 Å². The lowest BCUT2D eigenvalue weighted by atomic mass is 9.33. The number of benzene rings is 9. The molecule has 0 amide bonds. The maximum Gasteiger partial charge on any atom is 0.252 e. The molecule has 0 aromatic heterocycles. The third-order valence-electron chi connectivity index (χ3n) is 20.7. The molecule has 0 fully saturated rings. The van der Waals surface area contributed by atoms with E-state index in [-0.39, 0.29) is 33.8 Å². The summed E-state index contributed by atoms with van der Waals surface area (Å²) in [7, 11) is 0. The van der Waals surface area contributed by atoms with Gasteiger partial charge >= 0.3 is 0 Å². The Kier molecular flexibility index (Phi) is 11.0. The Hall–Kier alpha value is -7.56. The highest BCUT2D eigenvalue weighted by atomic mass is 15.3. The highest BCUT2D eigenvalue weighted by molar-refractivity contribution is 7.00. The molecule has 3 aliphatic carbocycles. The average molecular weight is 1070 g/mol. The molecule has 6 aliphatic rings. The molecule has 408 valence electrons. The van der Waals surface area contributed by atoms with Gasteiger partial charge in [-0.2, -0.15) is 0 Å². The number of rotatable bonds is 5. The molecule has 2 unspecified atom stereocenters. The number of nitrogens with zero attached hydrogens (tertiary/aromatic N) is 3. The predicted octanol–water partition coefficient (Wildman–Crippen LogP) is 18.2. The van der Waals surface area contributed by atoms with Crippen molar-refractivity contribution in [2.24, 2.45) is 10.8 Å². The first-order valence-corrected chi connectivity index (χ1v) is 30.6. The normalized spacial score (nSPS) is 20.3. The van der Waals surface area contributed by atoms with E-state index in [4.69, 9.17) is 0 Å². The number of hydrogen-bond acceptors (Lipinski definition) is 3. The van der Waals surface area contributed by atoms with Crippen LogP contribution in [0.1, 0.15) is 140 Å². The summed E-state index contributed by atoms with van der Waals surface area (Å²) in [6.07, 6.45) is 6.43. The van der Waals surface area contributed by atoms with E-state index in [1.807, 2.05) is 0 Å². The monoisotopic (exact) mass is 1070 g/mol. The Bertz CT molecular complexity index is 4130. The standard InChI is InChI=1S/C78H78BN3/c1-73(2,3)57-29-33-66(61(41-57)50-23-17-14-18-24-50)81-68-32-28-52(49-21-15-13-16-22-49)38-64(68)79-65-39-55-47-76(9,10)48-56(55)40-69(65)80(59-31-27-53-45-75(7,8)46-54(53)37-59)70-43-60(44-71(81)72(70)79)82-67-34-30-58(74(4,5)6)42-63(67)77(11)36-35-51-25-19-20-26-62(51)78(77,82)12/h13-34,37-44H,35-36,45-48H2,1-12H3. The molecule has 82 heavy (non-hydrogen) atoms. The molecule has 9 aromatic carbocycles.